The molecule has 0 bridgehead atoms. The zero-order valence-corrected chi connectivity index (χ0v) is 14.5. The maximum absolute atomic E-state index is 12.1. The van der Waals surface area contributed by atoms with Crippen LogP contribution in [-0.4, -0.2) is 25.5 Å². The van der Waals surface area contributed by atoms with Gasteiger partial charge in [-0.05, 0) is 24.5 Å². The van der Waals surface area contributed by atoms with E-state index in [2.05, 4.69) is 31.3 Å². The molecule has 0 aromatic heterocycles. The second kappa shape index (κ2) is 8.54. The van der Waals surface area contributed by atoms with Crippen LogP contribution in [0.25, 0.3) is 0 Å². The molecule has 1 aliphatic rings. The molecule has 1 saturated heterocycles. The third-order valence-corrected chi connectivity index (χ3v) is 4.70. The van der Waals surface area contributed by atoms with E-state index in [-0.39, 0.29) is 11.8 Å². The van der Waals surface area contributed by atoms with Gasteiger partial charge in [-0.15, -0.1) is 0 Å². The van der Waals surface area contributed by atoms with Crippen LogP contribution in [0, 0.1) is 11.8 Å². The predicted molar refractivity (Wildman–Crippen MR) is 91.0 cm³/mol. The zero-order chi connectivity index (χ0) is 15.9. The number of hydrogen-bond acceptors (Lipinski definition) is 1. The lowest BCUT2D eigenvalue weighted by atomic mass is 9.95. The summed E-state index contributed by atoms with van der Waals surface area (Å²) in [5, 5.41) is 3.88. The first kappa shape index (κ1) is 17.3. The molecule has 2 rings (SSSR count). The lowest BCUT2D eigenvalue weighted by molar-refractivity contribution is -0.919. The summed E-state index contributed by atoms with van der Waals surface area (Å²) in [5.41, 5.74) is 1.32. The lowest BCUT2D eigenvalue weighted by Crippen LogP contribution is -3.11. The second-order valence-corrected chi connectivity index (χ2v) is 7.24. The number of carbonyl (C=O) groups excluding carboxylic acids is 1. The van der Waals surface area contributed by atoms with E-state index in [4.69, 9.17) is 11.6 Å². The van der Waals surface area contributed by atoms with Gasteiger partial charge in [-0.2, -0.15) is 0 Å². The van der Waals surface area contributed by atoms with E-state index in [0.29, 0.717) is 5.92 Å². The fourth-order valence-electron chi connectivity index (χ4n) is 2.98. The van der Waals surface area contributed by atoms with Crippen molar-refractivity contribution in [1.29, 1.82) is 0 Å². The molecule has 0 unspecified atom stereocenters. The number of amides is 1. The molecule has 0 atom stereocenters. The Morgan fingerprint density at radius 2 is 1.91 bits per heavy atom. The number of halogens is 1. The maximum atomic E-state index is 12.1. The highest BCUT2D eigenvalue weighted by molar-refractivity contribution is 6.30. The minimum Gasteiger partial charge on any atom is -0.356 e. The average molecular weight is 324 g/mol. The molecule has 1 amide bonds. The summed E-state index contributed by atoms with van der Waals surface area (Å²) in [6.07, 6.45) is 3.05. The van der Waals surface area contributed by atoms with Crippen LogP contribution in [0.15, 0.2) is 24.3 Å². The molecule has 122 valence electrons. The van der Waals surface area contributed by atoms with Crippen molar-refractivity contribution < 1.29 is 9.69 Å². The number of piperidine rings is 1. The molecule has 0 radical (unpaired) electrons. The van der Waals surface area contributed by atoms with E-state index in [1.165, 1.54) is 5.56 Å². The van der Waals surface area contributed by atoms with Crippen molar-refractivity contribution in [2.45, 2.75) is 39.7 Å². The Bertz CT molecular complexity index is 464. The third kappa shape index (κ3) is 5.62. The predicted octanol–water partition coefficient (Wildman–Crippen LogP) is 2.30. The van der Waals surface area contributed by atoms with Crippen molar-refractivity contribution in [2.75, 3.05) is 19.6 Å². The van der Waals surface area contributed by atoms with Crippen LogP contribution in [-0.2, 0) is 11.3 Å². The van der Waals surface area contributed by atoms with Crippen LogP contribution in [0.1, 0.15) is 38.7 Å². The van der Waals surface area contributed by atoms with Crippen LogP contribution < -0.4 is 10.2 Å². The van der Waals surface area contributed by atoms with Gasteiger partial charge in [-0.25, -0.2) is 0 Å². The largest absolute Gasteiger partial charge is 0.356 e. The Morgan fingerprint density at radius 1 is 1.27 bits per heavy atom. The van der Waals surface area contributed by atoms with Gasteiger partial charge in [0.25, 0.3) is 0 Å². The summed E-state index contributed by atoms with van der Waals surface area (Å²) in [6, 6.07) is 8.09. The fraction of sp³-hybridized carbons (Fsp3) is 0.611. The molecular weight excluding hydrogens is 296 g/mol. The van der Waals surface area contributed by atoms with Crippen LogP contribution >= 0.6 is 11.6 Å². The molecule has 1 heterocycles. The van der Waals surface area contributed by atoms with Gasteiger partial charge >= 0.3 is 0 Å². The first-order valence-corrected chi connectivity index (χ1v) is 8.78. The molecule has 2 N–H and O–H groups in total. The number of carbonyl (C=O) groups is 1. The Hall–Kier alpha value is -1.06. The number of rotatable bonds is 6. The Morgan fingerprint density at radius 3 is 2.50 bits per heavy atom. The number of hydrogen-bond donors (Lipinski definition) is 2. The third-order valence-electron chi connectivity index (χ3n) is 4.45. The van der Waals surface area contributed by atoms with Crippen molar-refractivity contribution in [3.8, 4) is 0 Å². The van der Waals surface area contributed by atoms with Gasteiger partial charge in [0.2, 0.25) is 5.91 Å². The normalized spacial score (nSPS) is 21.8. The molecule has 0 aliphatic carbocycles. The topological polar surface area (TPSA) is 33.5 Å². The molecular formula is C18H28ClN2O+. The standard InChI is InChI=1S/C18H27ClN2O/c1-14(2)7-10-20-18(22)16-8-11-21(12-9-16)13-15-3-5-17(19)6-4-15/h3-6,14,16H,7-13H2,1-2H3,(H,20,22)/p+1. The van der Waals surface area contributed by atoms with E-state index in [0.717, 1.165) is 50.5 Å². The van der Waals surface area contributed by atoms with E-state index in [1.54, 1.807) is 4.90 Å². The number of quaternary nitrogens is 1. The zero-order valence-electron chi connectivity index (χ0n) is 13.7. The molecule has 1 aromatic carbocycles. The average Bonchev–Trinajstić information content (AvgIpc) is 2.50. The maximum Gasteiger partial charge on any atom is 0.223 e. The summed E-state index contributed by atoms with van der Waals surface area (Å²) in [5.74, 6) is 1.11. The van der Waals surface area contributed by atoms with Gasteiger partial charge in [0, 0.05) is 35.9 Å². The van der Waals surface area contributed by atoms with Crippen molar-refractivity contribution in [3.05, 3.63) is 34.9 Å². The first-order valence-electron chi connectivity index (χ1n) is 8.40. The van der Waals surface area contributed by atoms with Crippen molar-refractivity contribution in [1.82, 2.24) is 5.32 Å². The van der Waals surface area contributed by atoms with Crippen LogP contribution in [0.5, 0.6) is 0 Å². The minimum atomic E-state index is 0.209. The highest BCUT2D eigenvalue weighted by atomic mass is 35.5. The fourth-order valence-corrected chi connectivity index (χ4v) is 3.11. The summed E-state index contributed by atoms with van der Waals surface area (Å²) < 4.78 is 0. The Labute approximate surface area is 139 Å². The number of likely N-dealkylation sites (tertiary alicyclic amines) is 1. The van der Waals surface area contributed by atoms with Crippen LogP contribution in [0.2, 0.25) is 5.02 Å². The summed E-state index contributed by atoms with van der Waals surface area (Å²) in [6.45, 7) is 8.36. The highest BCUT2D eigenvalue weighted by Crippen LogP contribution is 2.12. The van der Waals surface area contributed by atoms with Crippen molar-refractivity contribution in [3.63, 3.8) is 0 Å². The van der Waals surface area contributed by atoms with E-state index >= 15 is 0 Å². The molecule has 0 saturated carbocycles. The van der Waals surface area contributed by atoms with Gasteiger partial charge in [0.1, 0.15) is 6.54 Å². The smallest absolute Gasteiger partial charge is 0.223 e. The van der Waals surface area contributed by atoms with Gasteiger partial charge in [-0.3, -0.25) is 4.79 Å². The highest BCUT2D eigenvalue weighted by Gasteiger charge is 2.27. The van der Waals surface area contributed by atoms with Gasteiger partial charge in [-0.1, -0.05) is 37.6 Å². The molecule has 22 heavy (non-hydrogen) atoms. The van der Waals surface area contributed by atoms with Gasteiger partial charge in [0.05, 0.1) is 13.1 Å². The molecule has 1 fully saturated rings. The number of benzene rings is 1. The van der Waals surface area contributed by atoms with E-state index in [1.807, 2.05) is 12.1 Å². The summed E-state index contributed by atoms with van der Waals surface area (Å²) in [7, 11) is 0. The van der Waals surface area contributed by atoms with E-state index in [9.17, 15) is 4.79 Å². The molecule has 1 aromatic rings. The summed E-state index contributed by atoms with van der Waals surface area (Å²) >= 11 is 5.92. The molecule has 0 spiro atoms. The monoisotopic (exact) mass is 323 g/mol. The van der Waals surface area contributed by atoms with Crippen LogP contribution in [0.3, 0.4) is 0 Å². The van der Waals surface area contributed by atoms with Crippen LogP contribution in [0.4, 0.5) is 0 Å². The lowest BCUT2D eigenvalue weighted by Gasteiger charge is -2.28. The van der Waals surface area contributed by atoms with Gasteiger partial charge < -0.3 is 10.2 Å². The minimum absolute atomic E-state index is 0.209. The molecule has 1 aliphatic heterocycles. The summed E-state index contributed by atoms with van der Waals surface area (Å²) in [4.78, 5) is 13.7. The van der Waals surface area contributed by atoms with Gasteiger partial charge in [0.15, 0.2) is 0 Å². The first-order chi connectivity index (χ1) is 10.5. The SMILES string of the molecule is CC(C)CCNC(=O)C1CC[NH+](Cc2ccc(Cl)cc2)CC1. The van der Waals surface area contributed by atoms with Crippen molar-refractivity contribution >= 4 is 17.5 Å². The second-order valence-electron chi connectivity index (χ2n) is 6.80. The Kier molecular flexibility index (Phi) is 6.71. The van der Waals surface area contributed by atoms with E-state index < -0.39 is 0 Å². The molecule has 4 heteroatoms. The number of nitrogens with one attached hydrogen (secondary N) is 2. The Balaban J connectivity index is 1.71. The van der Waals surface area contributed by atoms with Crippen molar-refractivity contribution in [2.24, 2.45) is 11.8 Å². The quantitative estimate of drug-likeness (QED) is 0.827. The molecule has 3 nitrogen and oxygen atoms in total.